The first-order valence-corrected chi connectivity index (χ1v) is 4.04. The molecule has 0 spiro atoms. The Morgan fingerprint density at radius 3 is 2.79 bits per heavy atom. The Morgan fingerprint density at radius 1 is 1.64 bits per heavy atom. The standard InChI is InChI=1S/C6H3BrF2N2O3/c7-3-1-4(11(12)13)5(10-2-3)14-6(8)9/h1-2,6H. The second-order valence-electron chi connectivity index (χ2n) is 2.11. The molecule has 0 aromatic carbocycles. The van der Waals surface area contributed by atoms with Gasteiger partial charge in [0.05, 0.1) is 4.92 Å². The highest BCUT2D eigenvalue weighted by atomic mass is 79.9. The van der Waals surface area contributed by atoms with E-state index in [0.29, 0.717) is 4.47 Å². The highest BCUT2D eigenvalue weighted by Gasteiger charge is 2.20. The van der Waals surface area contributed by atoms with E-state index < -0.39 is 23.1 Å². The van der Waals surface area contributed by atoms with Crippen molar-refractivity contribution in [1.82, 2.24) is 4.98 Å². The quantitative estimate of drug-likeness (QED) is 0.624. The Bertz CT molecular complexity index is 361. The molecule has 0 bridgehead atoms. The summed E-state index contributed by atoms with van der Waals surface area (Å²) in [7, 11) is 0. The van der Waals surface area contributed by atoms with E-state index in [0.717, 1.165) is 12.3 Å². The van der Waals surface area contributed by atoms with Crippen LogP contribution in [0.5, 0.6) is 5.88 Å². The summed E-state index contributed by atoms with van der Waals surface area (Å²) in [6.07, 6.45) is 1.13. The molecular weight excluding hydrogens is 266 g/mol. The SMILES string of the molecule is O=[N+]([O-])c1cc(Br)cnc1OC(F)F. The van der Waals surface area contributed by atoms with Crippen molar-refractivity contribution in [2.24, 2.45) is 0 Å². The molecule has 8 heteroatoms. The molecule has 0 saturated carbocycles. The van der Waals surface area contributed by atoms with Crippen LogP contribution in [-0.4, -0.2) is 16.5 Å². The molecule has 1 rings (SSSR count). The van der Waals surface area contributed by atoms with Gasteiger partial charge in [-0.1, -0.05) is 0 Å². The van der Waals surface area contributed by atoms with Gasteiger partial charge in [-0.15, -0.1) is 0 Å². The Balaban J connectivity index is 3.08. The van der Waals surface area contributed by atoms with Crippen molar-refractivity contribution in [3.63, 3.8) is 0 Å². The zero-order valence-corrected chi connectivity index (χ0v) is 8.07. The first kappa shape index (κ1) is 10.8. The van der Waals surface area contributed by atoms with Crippen molar-refractivity contribution in [2.75, 3.05) is 0 Å². The van der Waals surface area contributed by atoms with Crippen molar-refractivity contribution >= 4 is 21.6 Å². The second kappa shape index (κ2) is 4.27. The number of alkyl halides is 2. The molecule has 76 valence electrons. The lowest BCUT2D eigenvalue weighted by Gasteiger charge is -2.03. The number of hydrogen-bond donors (Lipinski definition) is 0. The molecule has 0 atom stereocenters. The monoisotopic (exact) mass is 268 g/mol. The lowest BCUT2D eigenvalue weighted by molar-refractivity contribution is -0.386. The zero-order valence-electron chi connectivity index (χ0n) is 6.49. The lowest BCUT2D eigenvalue weighted by atomic mass is 10.4. The minimum Gasteiger partial charge on any atom is -0.411 e. The van der Waals surface area contributed by atoms with Crippen molar-refractivity contribution in [2.45, 2.75) is 6.61 Å². The summed E-state index contributed by atoms with van der Waals surface area (Å²) in [4.78, 5) is 12.9. The van der Waals surface area contributed by atoms with E-state index in [1.807, 2.05) is 0 Å². The predicted octanol–water partition coefficient (Wildman–Crippen LogP) is 2.35. The Kier molecular flexibility index (Phi) is 3.28. The average Bonchev–Trinajstić information content (AvgIpc) is 2.07. The lowest BCUT2D eigenvalue weighted by Crippen LogP contribution is -2.06. The highest BCUT2D eigenvalue weighted by molar-refractivity contribution is 9.10. The minimum atomic E-state index is -3.14. The summed E-state index contributed by atoms with van der Waals surface area (Å²) in [5, 5.41) is 10.4. The van der Waals surface area contributed by atoms with Crippen LogP contribution < -0.4 is 4.74 Å². The maximum absolute atomic E-state index is 11.8. The maximum Gasteiger partial charge on any atom is 0.388 e. The van der Waals surface area contributed by atoms with Crippen LogP contribution in [0, 0.1) is 10.1 Å². The van der Waals surface area contributed by atoms with Gasteiger partial charge >= 0.3 is 12.3 Å². The van der Waals surface area contributed by atoms with Crippen LogP contribution >= 0.6 is 15.9 Å². The molecular formula is C6H3BrF2N2O3. The molecule has 0 radical (unpaired) electrons. The molecule has 0 aliphatic rings. The van der Waals surface area contributed by atoms with Crippen LogP contribution in [0.25, 0.3) is 0 Å². The smallest absolute Gasteiger partial charge is 0.388 e. The Hall–Kier alpha value is -1.31. The van der Waals surface area contributed by atoms with Crippen molar-refractivity contribution in [3.05, 3.63) is 26.9 Å². The third kappa shape index (κ3) is 2.59. The molecule has 0 fully saturated rings. The summed E-state index contributed by atoms with van der Waals surface area (Å²) < 4.78 is 27.7. The molecule has 0 amide bonds. The van der Waals surface area contributed by atoms with Gasteiger partial charge in [0.1, 0.15) is 0 Å². The molecule has 1 aromatic rings. The van der Waals surface area contributed by atoms with Crippen LogP contribution in [0.4, 0.5) is 14.5 Å². The van der Waals surface area contributed by atoms with Gasteiger partial charge in [-0.25, -0.2) is 4.98 Å². The number of pyridine rings is 1. The van der Waals surface area contributed by atoms with Crippen molar-refractivity contribution in [1.29, 1.82) is 0 Å². The van der Waals surface area contributed by atoms with E-state index in [9.17, 15) is 18.9 Å². The molecule has 5 nitrogen and oxygen atoms in total. The molecule has 0 saturated heterocycles. The zero-order chi connectivity index (χ0) is 10.7. The summed E-state index contributed by atoms with van der Waals surface area (Å²) in [5.74, 6) is -0.701. The summed E-state index contributed by atoms with van der Waals surface area (Å²) in [5.41, 5.74) is -0.611. The van der Waals surface area contributed by atoms with Crippen LogP contribution in [0.2, 0.25) is 0 Å². The van der Waals surface area contributed by atoms with Gasteiger partial charge in [0.25, 0.3) is 5.88 Å². The van der Waals surface area contributed by atoms with Gasteiger partial charge in [0.2, 0.25) is 0 Å². The van der Waals surface area contributed by atoms with E-state index in [4.69, 9.17) is 0 Å². The molecule has 0 unspecified atom stereocenters. The van der Waals surface area contributed by atoms with Crippen LogP contribution in [-0.2, 0) is 0 Å². The third-order valence-corrected chi connectivity index (χ3v) is 1.63. The number of nitrogens with zero attached hydrogens (tertiary/aromatic N) is 2. The first-order chi connectivity index (χ1) is 6.50. The molecule has 14 heavy (non-hydrogen) atoms. The van der Waals surface area contributed by atoms with Gasteiger partial charge in [-0.3, -0.25) is 10.1 Å². The van der Waals surface area contributed by atoms with E-state index in [2.05, 4.69) is 25.7 Å². The number of nitro groups is 1. The van der Waals surface area contributed by atoms with E-state index in [1.54, 1.807) is 0 Å². The van der Waals surface area contributed by atoms with Crippen molar-refractivity contribution < 1.29 is 18.4 Å². The van der Waals surface area contributed by atoms with E-state index in [1.165, 1.54) is 0 Å². The van der Waals surface area contributed by atoms with E-state index >= 15 is 0 Å². The van der Waals surface area contributed by atoms with Crippen LogP contribution in [0.1, 0.15) is 0 Å². The summed E-state index contributed by atoms with van der Waals surface area (Å²) in [6.45, 7) is -3.14. The van der Waals surface area contributed by atoms with Gasteiger partial charge in [-0.2, -0.15) is 8.78 Å². The number of rotatable bonds is 3. The average molecular weight is 269 g/mol. The number of ether oxygens (including phenoxy) is 1. The summed E-state index contributed by atoms with van der Waals surface area (Å²) >= 11 is 2.92. The fourth-order valence-corrected chi connectivity index (χ4v) is 1.04. The Morgan fingerprint density at radius 2 is 2.29 bits per heavy atom. The normalized spacial score (nSPS) is 10.3. The van der Waals surface area contributed by atoms with Gasteiger partial charge in [-0.05, 0) is 15.9 Å². The predicted molar refractivity (Wildman–Crippen MR) is 45.2 cm³/mol. The number of hydrogen-bond acceptors (Lipinski definition) is 4. The largest absolute Gasteiger partial charge is 0.411 e. The highest BCUT2D eigenvalue weighted by Crippen LogP contribution is 2.28. The molecule has 0 aliphatic carbocycles. The first-order valence-electron chi connectivity index (χ1n) is 3.25. The number of aromatic nitrogens is 1. The molecule has 1 aromatic heterocycles. The molecule has 0 aliphatic heterocycles. The van der Waals surface area contributed by atoms with Crippen molar-refractivity contribution in [3.8, 4) is 5.88 Å². The van der Waals surface area contributed by atoms with E-state index in [-0.39, 0.29) is 0 Å². The third-order valence-electron chi connectivity index (χ3n) is 1.20. The van der Waals surface area contributed by atoms with Crippen LogP contribution in [0.3, 0.4) is 0 Å². The maximum atomic E-state index is 11.8. The van der Waals surface area contributed by atoms with Crippen LogP contribution in [0.15, 0.2) is 16.7 Å². The number of halogens is 3. The van der Waals surface area contributed by atoms with Gasteiger partial charge in [0.15, 0.2) is 0 Å². The van der Waals surface area contributed by atoms with Gasteiger partial charge in [0, 0.05) is 16.7 Å². The minimum absolute atomic E-state index is 0.311. The fourth-order valence-electron chi connectivity index (χ4n) is 0.722. The Labute approximate surface area is 85.0 Å². The topological polar surface area (TPSA) is 65.3 Å². The fraction of sp³-hybridized carbons (Fsp3) is 0.167. The molecule has 0 N–H and O–H groups in total. The second-order valence-corrected chi connectivity index (χ2v) is 3.03. The molecule has 1 heterocycles. The van der Waals surface area contributed by atoms with Gasteiger partial charge < -0.3 is 4.74 Å². The summed E-state index contributed by atoms with van der Waals surface area (Å²) in [6, 6.07) is 1.03.